The van der Waals surface area contributed by atoms with E-state index >= 15 is 0 Å². The Balaban J connectivity index is 1.87. The summed E-state index contributed by atoms with van der Waals surface area (Å²) in [4.78, 5) is 4.71. The number of thioether (sulfide) groups is 1. The van der Waals surface area contributed by atoms with Crippen LogP contribution in [0.2, 0.25) is 0 Å². The van der Waals surface area contributed by atoms with Crippen molar-refractivity contribution < 1.29 is 4.74 Å². The molecule has 4 unspecified atom stereocenters. The molecule has 0 spiro atoms. The Hall–Kier alpha value is -0.220. The third-order valence-electron chi connectivity index (χ3n) is 3.44. The Morgan fingerprint density at radius 2 is 2.19 bits per heavy atom. The number of ether oxygens (including phenoxy) is 1. The molecular formula is C12H22N2OS. The molecule has 0 bridgehead atoms. The van der Waals surface area contributed by atoms with Gasteiger partial charge in [-0.15, -0.1) is 0 Å². The van der Waals surface area contributed by atoms with E-state index in [0.29, 0.717) is 24.1 Å². The molecule has 2 heterocycles. The molecule has 92 valence electrons. The third-order valence-corrected chi connectivity index (χ3v) is 4.63. The van der Waals surface area contributed by atoms with Crippen LogP contribution in [0.25, 0.3) is 0 Å². The Labute approximate surface area is 102 Å². The summed E-state index contributed by atoms with van der Waals surface area (Å²) in [6.45, 7) is 7.50. The van der Waals surface area contributed by atoms with Gasteiger partial charge >= 0.3 is 0 Å². The summed E-state index contributed by atoms with van der Waals surface area (Å²) in [6, 6.07) is 1.01. The van der Waals surface area contributed by atoms with Crippen LogP contribution in [0.4, 0.5) is 0 Å². The lowest BCUT2D eigenvalue weighted by Gasteiger charge is -2.31. The zero-order valence-corrected chi connectivity index (χ0v) is 11.2. The summed E-state index contributed by atoms with van der Waals surface area (Å²) in [5.74, 6) is 1.88. The van der Waals surface area contributed by atoms with Gasteiger partial charge in [0, 0.05) is 18.4 Å². The predicted molar refractivity (Wildman–Crippen MR) is 70.1 cm³/mol. The molecule has 0 aliphatic carbocycles. The quantitative estimate of drug-likeness (QED) is 0.766. The molecule has 0 aromatic rings. The van der Waals surface area contributed by atoms with E-state index < -0.39 is 0 Å². The standard InChI is InChI=1S/C12H22N2OS/c1-8-7-16-12(13-10(8)3)14-11-4-5-15-9(2)6-11/h8-11H,4-7H2,1-3H3,(H,13,14). The lowest BCUT2D eigenvalue weighted by molar-refractivity contribution is 0.0168. The van der Waals surface area contributed by atoms with Gasteiger partial charge in [-0.1, -0.05) is 18.7 Å². The van der Waals surface area contributed by atoms with Crippen LogP contribution in [0.15, 0.2) is 4.99 Å². The fourth-order valence-corrected chi connectivity index (χ4v) is 3.27. The van der Waals surface area contributed by atoms with Gasteiger partial charge in [-0.3, -0.25) is 4.99 Å². The molecule has 1 N–H and O–H groups in total. The van der Waals surface area contributed by atoms with Gasteiger partial charge in [0.1, 0.15) is 0 Å². The summed E-state index contributed by atoms with van der Waals surface area (Å²) >= 11 is 1.87. The molecule has 2 aliphatic heterocycles. The van der Waals surface area contributed by atoms with Crippen LogP contribution in [0.1, 0.15) is 33.6 Å². The van der Waals surface area contributed by atoms with Crippen molar-refractivity contribution in [3.8, 4) is 0 Å². The highest BCUT2D eigenvalue weighted by molar-refractivity contribution is 8.13. The molecular weight excluding hydrogens is 220 g/mol. The number of amidine groups is 1. The molecule has 0 amide bonds. The van der Waals surface area contributed by atoms with Crippen molar-refractivity contribution in [2.24, 2.45) is 10.9 Å². The van der Waals surface area contributed by atoms with E-state index in [1.807, 2.05) is 11.8 Å². The molecule has 2 rings (SSSR count). The molecule has 3 nitrogen and oxygen atoms in total. The van der Waals surface area contributed by atoms with Crippen molar-refractivity contribution in [1.29, 1.82) is 0 Å². The van der Waals surface area contributed by atoms with E-state index in [9.17, 15) is 0 Å². The van der Waals surface area contributed by atoms with Crippen LogP contribution in [-0.2, 0) is 4.74 Å². The second kappa shape index (κ2) is 5.41. The zero-order valence-electron chi connectivity index (χ0n) is 10.4. The van der Waals surface area contributed by atoms with Crippen molar-refractivity contribution in [3.63, 3.8) is 0 Å². The second-order valence-electron chi connectivity index (χ2n) is 5.01. The molecule has 0 saturated carbocycles. The number of hydrogen-bond donors (Lipinski definition) is 1. The highest BCUT2D eigenvalue weighted by atomic mass is 32.2. The van der Waals surface area contributed by atoms with Gasteiger partial charge in [-0.2, -0.15) is 0 Å². The Morgan fingerprint density at radius 1 is 1.38 bits per heavy atom. The van der Waals surface area contributed by atoms with Crippen molar-refractivity contribution in [2.45, 2.75) is 51.8 Å². The first-order valence-corrected chi connectivity index (χ1v) is 7.22. The predicted octanol–water partition coefficient (Wildman–Crippen LogP) is 2.27. The number of aliphatic imine (C=N–C) groups is 1. The second-order valence-corrected chi connectivity index (χ2v) is 6.02. The largest absolute Gasteiger partial charge is 0.378 e. The van der Waals surface area contributed by atoms with Crippen molar-refractivity contribution in [2.75, 3.05) is 12.4 Å². The van der Waals surface area contributed by atoms with E-state index in [1.165, 1.54) is 5.75 Å². The maximum atomic E-state index is 5.55. The first-order chi connectivity index (χ1) is 7.65. The van der Waals surface area contributed by atoms with Gasteiger partial charge in [0.05, 0.1) is 12.1 Å². The summed E-state index contributed by atoms with van der Waals surface area (Å²) < 4.78 is 5.55. The van der Waals surface area contributed by atoms with Crippen molar-refractivity contribution in [3.05, 3.63) is 0 Å². The summed E-state index contributed by atoms with van der Waals surface area (Å²) in [5.41, 5.74) is 0. The molecule has 4 atom stereocenters. The maximum Gasteiger partial charge on any atom is 0.157 e. The van der Waals surface area contributed by atoms with Gasteiger partial charge in [0.15, 0.2) is 5.17 Å². The number of hydrogen-bond acceptors (Lipinski definition) is 4. The Bertz CT molecular complexity index is 270. The fourth-order valence-electron chi connectivity index (χ4n) is 2.08. The smallest absolute Gasteiger partial charge is 0.157 e. The first kappa shape index (κ1) is 12.2. The Kier molecular flexibility index (Phi) is 4.14. The third kappa shape index (κ3) is 3.14. The average Bonchev–Trinajstić information content (AvgIpc) is 2.24. The molecule has 1 fully saturated rings. The Morgan fingerprint density at radius 3 is 2.88 bits per heavy atom. The van der Waals surface area contributed by atoms with Crippen LogP contribution in [0.5, 0.6) is 0 Å². The lowest BCUT2D eigenvalue weighted by Crippen LogP contribution is -2.42. The van der Waals surface area contributed by atoms with E-state index in [2.05, 4.69) is 26.1 Å². The minimum atomic E-state index is 0.386. The van der Waals surface area contributed by atoms with Crippen molar-refractivity contribution in [1.82, 2.24) is 5.32 Å². The van der Waals surface area contributed by atoms with Gasteiger partial charge in [0.25, 0.3) is 0 Å². The van der Waals surface area contributed by atoms with Gasteiger partial charge in [0.2, 0.25) is 0 Å². The highest BCUT2D eigenvalue weighted by Crippen LogP contribution is 2.23. The number of rotatable bonds is 1. The van der Waals surface area contributed by atoms with E-state index in [1.54, 1.807) is 0 Å². The van der Waals surface area contributed by atoms with Crippen LogP contribution in [-0.4, -0.2) is 35.7 Å². The highest BCUT2D eigenvalue weighted by Gasteiger charge is 2.24. The van der Waals surface area contributed by atoms with E-state index in [-0.39, 0.29) is 0 Å². The minimum absolute atomic E-state index is 0.386. The zero-order chi connectivity index (χ0) is 11.5. The van der Waals surface area contributed by atoms with Crippen LogP contribution >= 0.6 is 11.8 Å². The molecule has 0 aromatic heterocycles. The van der Waals surface area contributed by atoms with Crippen LogP contribution in [0.3, 0.4) is 0 Å². The van der Waals surface area contributed by atoms with Crippen LogP contribution in [0, 0.1) is 5.92 Å². The minimum Gasteiger partial charge on any atom is -0.378 e. The van der Waals surface area contributed by atoms with E-state index in [4.69, 9.17) is 9.73 Å². The molecule has 4 heteroatoms. The van der Waals surface area contributed by atoms with Gasteiger partial charge in [-0.05, 0) is 32.6 Å². The van der Waals surface area contributed by atoms with E-state index in [0.717, 1.165) is 24.6 Å². The normalized spacial score (nSPS) is 40.3. The van der Waals surface area contributed by atoms with Crippen molar-refractivity contribution >= 4 is 16.9 Å². The monoisotopic (exact) mass is 242 g/mol. The molecule has 0 aromatic carbocycles. The molecule has 1 saturated heterocycles. The van der Waals surface area contributed by atoms with Gasteiger partial charge < -0.3 is 10.1 Å². The molecule has 16 heavy (non-hydrogen) atoms. The number of nitrogens with one attached hydrogen (secondary N) is 1. The first-order valence-electron chi connectivity index (χ1n) is 6.24. The molecule has 2 aliphatic rings. The topological polar surface area (TPSA) is 33.6 Å². The molecule has 0 radical (unpaired) electrons. The van der Waals surface area contributed by atoms with Gasteiger partial charge in [-0.25, -0.2) is 0 Å². The summed E-state index contributed by atoms with van der Waals surface area (Å²) in [6.07, 6.45) is 2.59. The maximum absolute atomic E-state index is 5.55. The van der Waals surface area contributed by atoms with Crippen LogP contribution < -0.4 is 5.32 Å². The average molecular weight is 242 g/mol. The summed E-state index contributed by atoms with van der Waals surface area (Å²) in [5, 5.41) is 4.72. The fraction of sp³-hybridized carbons (Fsp3) is 0.917. The summed E-state index contributed by atoms with van der Waals surface area (Å²) in [7, 11) is 0. The lowest BCUT2D eigenvalue weighted by atomic mass is 10.0. The number of nitrogens with zero attached hydrogens (tertiary/aromatic N) is 1. The SMILES string of the molecule is CC1CC(NC2=NC(C)C(C)CS2)CCO1.